The van der Waals surface area contributed by atoms with E-state index in [0.717, 1.165) is 0 Å². The summed E-state index contributed by atoms with van der Waals surface area (Å²) in [5.74, 6) is 0. The van der Waals surface area contributed by atoms with Crippen LogP contribution < -0.4 is 39.5 Å². The van der Waals surface area contributed by atoms with E-state index >= 15 is 0 Å². The molecule has 0 aromatic rings. The normalized spacial score (nSPS) is 18.6. The van der Waals surface area contributed by atoms with Crippen LogP contribution in [-0.4, -0.2) is 15.7 Å². The van der Waals surface area contributed by atoms with Crippen molar-refractivity contribution >= 4 is 23.7 Å². The minimum absolute atomic E-state index is 0. The third kappa shape index (κ3) is 17.1. The first-order valence-corrected chi connectivity index (χ1v) is 5.38. The quantitative estimate of drug-likeness (QED) is 0.406. The van der Waals surface area contributed by atoms with Gasteiger partial charge in [0.05, 0.1) is 11.9 Å². The van der Waals surface area contributed by atoms with Crippen molar-refractivity contribution in [3.63, 3.8) is 0 Å². The Kier molecular flexibility index (Phi) is 23.6. The predicted molar refractivity (Wildman–Crippen MR) is 65.2 cm³/mol. The third-order valence-electron chi connectivity index (χ3n) is 2.28. The first-order chi connectivity index (χ1) is 7.41. The predicted octanol–water partition coefficient (Wildman–Crippen LogP) is -0.714. The molecule has 1 fully saturated rings. The van der Waals surface area contributed by atoms with Gasteiger partial charge in [0.25, 0.3) is 0 Å². The van der Waals surface area contributed by atoms with E-state index in [1.54, 1.807) is 0 Å². The van der Waals surface area contributed by atoms with Crippen LogP contribution in [0.25, 0.3) is 0 Å². The van der Waals surface area contributed by atoms with Crippen LogP contribution in [0.2, 0.25) is 0 Å². The van der Waals surface area contributed by atoms with Gasteiger partial charge in [-0.05, 0) is 47.0 Å². The van der Waals surface area contributed by atoms with E-state index in [0.29, 0.717) is 11.1 Å². The molecule has 0 radical (unpaired) electrons. The Balaban J connectivity index is -0.000000106. The summed E-state index contributed by atoms with van der Waals surface area (Å²) >= 11 is 7.03. The summed E-state index contributed by atoms with van der Waals surface area (Å²) in [6, 6.07) is 0. The summed E-state index contributed by atoms with van der Waals surface area (Å²) in [6.45, 7) is 9.14. The first kappa shape index (κ1) is 26.6. The maximum atomic E-state index is 7.72. The van der Waals surface area contributed by atoms with Crippen LogP contribution in [0, 0.1) is 10.5 Å². The zero-order valence-corrected chi connectivity index (χ0v) is 14.7. The molecule has 3 N–H and O–H groups in total. The summed E-state index contributed by atoms with van der Waals surface area (Å²) in [6.07, 6.45) is 4.00. The van der Waals surface area contributed by atoms with Gasteiger partial charge in [0.2, 0.25) is 0 Å². The summed E-state index contributed by atoms with van der Waals surface area (Å²) in [4.78, 5) is 7.50. The molecule has 0 atom stereocenters. The average Bonchev–Trinajstić information content (AvgIpc) is 2.23. The van der Waals surface area contributed by atoms with Crippen molar-refractivity contribution in [2.75, 3.05) is 0 Å². The fourth-order valence-electron chi connectivity index (χ4n) is 2.01. The molecule has 8 heteroatoms. The molecule has 5 nitrogen and oxygen atoms in total. The first-order valence-electron chi connectivity index (χ1n) is 4.73. The zero-order valence-electron chi connectivity index (χ0n) is 11.1. The molecule has 1 aliphatic rings. The van der Waals surface area contributed by atoms with E-state index in [9.17, 15) is 0 Å². The molecular formula is C9H21Cl2N2NaO3. The van der Waals surface area contributed by atoms with Crippen molar-refractivity contribution in [1.29, 1.82) is 5.59 Å². The van der Waals surface area contributed by atoms with Gasteiger partial charge in [-0.15, -0.1) is 0 Å². The molecule has 0 saturated carbocycles. The summed E-state index contributed by atoms with van der Waals surface area (Å²) < 4.78 is 14.2. The Morgan fingerprint density at radius 2 is 1.29 bits per heavy atom. The van der Waals surface area contributed by atoms with Crippen molar-refractivity contribution < 1.29 is 38.9 Å². The van der Waals surface area contributed by atoms with Gasteiger partial charge in [0.1, 0.15) is 0 Å². The molecule has 100 valence electrons. The van der Waals surface area contributed by atoms with Crippen LogP contribution in [0.1, 0.15) is 47.0 Å². The summed E-state index contributed by atoms with van der Waals surface area (Å²) in [5.41, 5.74) is 5.23. The Hall–Kier alpha value is 1.06. The molecule has 0 aromatic heterocycles. The van der Waals surface area contributed by atoms with E-state index in [1.165, 1.54) is 19.3 Å². The fourth-order valence-corrected chi connectivity index (χ4v) is 2.01. The Labute approximate surface area is 136 Å². The van der Waals surface area contributed by atoms with Gasteiger partial charge in [-0.1, -0.05) is 5.59 Å². The number of rotatable bonds is 0. The zero-order chi connectivity index (χ0) is 13.8. The largest absolute Gasteiger partial charge is 1.00 e. The number of piperidine rings is 1. The third-order valence-corrected chi connectivity index (χ3v) is 2.28. The molecule has 17 heavy (non-hydrogen) atoms. The van der Waals surface area contributed by atoms with E-state index in [-0.39, 0.29) is 29.6 Å². The molecule has 0 amide bonds. The SMILES string of the molecule is CC1(C)CCCC(C)(C)N1.N=O.OCl.[Na+].[O-]Cl. The van der Waals surface area contributed by atoms with Crippen molar-refractivity contribution in [3.8, 4) is 0 Å². The second-order valence-corrected chi connectivity index (χ2v) is 4.75. The van der Waals surface area contributed by atoms with Crippen LogP contribution in [0.3, 0.4) is 0 Å². The van der Waals surface area contributed by atoms with Gasteiger partial charge in [-0.25, -0.2) is 11.9 Å². The summed E-state index contributed by atoms with van der Waals surface area (Å²) in [5, 5.41) is 3.63. The molecule has 1 rings (SSSR count). The van der Waals surface area contributed by atoms with Crippen LogP contribution in [0.15, 0.2) is 0 Å². The molecule has 0 aliphatic carbocycles. The maximum absolute atomic E-state index is 7.72. The Morgan fingerprint density at radius 3 is 1.41 bits per heavy atom. The van der Waals surface area contributed by atoms with E-state index < -0.39 is 0 Å². The topological polar surface area (TPSA) is 96.2 Å². The smallest absolute Gasteiger partial charge is 0.769 e. The molecule has 0 bridgehead atoms. The van der Waals surface area contributed by atoms with Gasteiger partial charge >= 0.3 is 29.6 Å². The minimum atomic E-state index is 0. The van der Waals surface area contributed by atoms with Gasteiger partial charge in [0.15, 0.2) is 0 Å². The number of hydrogen-bond acceptors (Lipinski definition) is 5. The van der Waals surface area contributed by atoms with Gasteiger partial charge in [-0.2, -0.15) is 4.91 Å². The number of halogens is 2. The second kappa shape index (κ2) is 15.1. The van der Waals surface area contributed by atoms with Crippen molar-refractivity contribution in [2.24, 2.45) is 0 Å². The molecule has 0 unspecified atom stereocenters. The van der Waals surface area contributed by atoms with Crippen LogP contribution in [0.5, 0.6) is 0 Å². The monoisotopic (exact) mass is 298 g/mol. The molecular weight excluding hydrogens is 278 g/mol. The minimum Gasteiger partial charge on any atom is -0.769 e. The number of hydrogen-bond donors (Lipinski definition) is 3. The number of nitroso groups, excluding NO2 is 1. The van der Waals surface area contributed by atoms with E-state index in [1.807, 2.05) is 0 Å². The molecule has 0 spiro atoms. The molecule has 0 aromatic carbocycles. The van der Waals surface area contributed by atoms with E-state index in [4.69, 9.17) is 14.2 Å². The fraction of sp³-hybridized carbons (Fsp3) is 1.00. The summed E-state index contributed by atoms with van der Waals surface area (Å²) in [7, 11) is 0. The second-order valence-electron chi connectivity index (χ2n) is 4.75. The van der Waals surface area contributed by atoms with Gasteiger partial charge in [0, 0.05) is 11.1 Å². The standard InChI is InChI=1S/C9H19N.ClHO.ClO.HNO.Na/c1-8(2)6-5-7-9(3,4)10-8;3*1-2;/h10H,5-7H2,1-4H3;2H;;1H;/q;;-1;;+1. The molecule has 1 heterocycles. The van der Waals surface area contributed by atoms with Crippen molar-refractivity contribution in [3.05, 3.63) is 4.91 Å². The van der Waals surface area contributed by atoms with Crippen LogP contribution in [-0.2, 0) is 0 Å². The number of nitrogens with one attached hydrogen (secondary N) is 2. The van der Waals surface area contributed by atoms with Gasteiger partial charge < -0.3 is 9.98 Å². The average molecular weight is 299 g/mol. The molecule has 1 aliphatic heterocycles. The Morgan fingerprint density at radius 1 is 1.06 bits per heavy atom. The van der Waals surface area contributed by atoms with Crippen LogP contribution in [0.4, 0.5) is 0 Å². The van der Waals surface area contributed by atoms with Crippen molar-refractivity contribution in [2.45, 2.75) is 58.0 Å². The Bertz CT molecular complexity index is 149. The van der Waals surface area contributed by atoms with Crippen molar-refractivity contribution in [1.82, 2.24) is 5.32 Å². The van der Waals surface area contributed by atoms with Gasteiger partial charge in [-0.3, -0.25) is 4.66 Å². The van der Waals surface area contributed by atoms with Crippen LogP contribution >= 0.6 is 23.7 Å². The maximum Gasteiger partial charge on any atom is 1.00 e. The molecule has 1 saturated heterocycles. The van der Waals surface area contributed by atoms with E-state index in [2.05, 4.69) is 62.3 Å².